The zero-order valence-corrected chi connectivity index (χ0v) is 18.7. The van der Waals surface area contributed by atoms with Crippen molar-refractivity contribution in [3.63, 3.8) is 0 Å². The van der Waals surface area contributed by atoms with Gasteiger partial charge in [-0.2, -0.15) is 0 Å². The number of halogens is 2. The third kappa shape index (κ3) is 8.16. The van der Waals surface area contributed by atoms with E-state index in [4.69, 9.17) is 16.3 Å². The molecule has 0 aromatic heterocycles. The maximum absolute atomic E-state index is 14.0. The Labute approximate surface area is 185 Å². The van der Waals surface area contributed by atoms with Gasteiger partial charge in [0, 0.05) is 23.7 Å². The molecule has 0 atom stereocenters. The van der Waals surface area contributed by atoms with Crippen molar-refractivity contribution in [2.75, 3.05) is 17.2 Å². The molecule has 168 valence electrons. The lowest BCUT2D eigenvalue weighted by atomic mass is 10.2. The number of anilines is 2. The molecule has 2 aromatic carbocycles. The van der Waals surface area contributed by atoms with Crippen LogP contribution in [0.2, 0.25) is 5.02 Å². The molecule has 0 aliphatic heterocycles. The Balaban J connectivity index is 1.93. The summed E-state index contributed by atoms with van der Waals surface area (Å²) < 4.78 is 45.8. The molecule has 0 heterocycles. The third-order valence-corrected chi connectivity index (χ3v) is 5.33. The molecular weight excluding hydrogens is 449 g/mol. The smallest absolute Gasteiger partial charge is 0.412 e. The summed E-state index contributed by atoms with van der Waals surface area (Å²) in [4.78, 5) is 23.9. The zero-order chi connectivity index (χ0) is 23.2. The average molecular weight is 472 g/mol. The molecule has 3 N–H and O–H groups in total. The Bertz CT molecular complexity index is 1070. The highest BCUT2D eigenvalue weighted by Crippen LogP contribution is 2.21. The predicted octanol–water partition coefficient (Wildman–Crippen LogP) is 4.13. The number of carbonyl (C=O) groups is 2. The van der Waals surface area contributed by atoms with Crippen LogP contribution in [-0.4, -0.2) is 32.6 Å². The van der Waals surface area contributed by atoms with E-state index in [-0.39, 0.29) is 34.3 Å². The molecule has 2 aromatic rings. The minimum atomic E-state index is -3.82. The molecule has 0 unspecified atom stereocenters. The van der Waals surface area contributed by atoms with Crippen molar-refractivity contribution in [2.24, 2.45) is 0 Å². The minimum Gasteiger partial charge on any atom is -0.444 e. The monoisotopic (exact) mass is 471 g/mol. The summed E-state index contributed by atoms with van der Waals surface area (Å²) in [5, 5.41) is 5.06. The van der Waals surface area contributed by atoms with Crippen molar-refractivity contribution in [1.82, 2.24) is 4.72 Å². The van der Waals surface area contributed by atoms with Crippen LogP contribution in [0.15, 0.2) is 47.4 Å². The first-order valence-electron chi connectivity index (χ1n) is 9.20. The van der Waals surface area contributed by atoms with Crippen LogP contribution in [0.5, 0.6) is 0 Å². The summed E-state index contributed by atoms with van der Waals surface area (Å²) in [6.45, 7) is 4.84. The second-order valence-corrected chi connectivity index (χ2v) is 9.68. The summed E-state index contributed by atoms with van der Waals surface area (Å²) in [6.07, 6.45) is -1.02. The van der Waals surface area contributed by atoms with Gasteiger partial charge < -0.3 is 10.1 Å². The predicted molar refractivity (Wildman–Crippen MR) is 116 cm³/mol. The van der Waals surface area contributed by atoms with E-state index < -0.39 is 33.4 Å². The first-order valence-corrected chi connectivity index (χ1v) is 11.1. The summed E-state index contributed by atoms with van der Waals surface area (Å²) in [5.74, 6) is -1.22. The highest BCUT2D eigenvalue weighted by Gasteiger charge is 2.18. The second-order valence-electron chi connectivity index (χ2n) is 7.47. The van der Waals surface area contributed by atoms with Crippen molar-refractivity contribution in [1.29, 1.82) is 0 Å². The highest BCUT2D eigenvalue weighted by molar-refractivity contribution is 7.89. The summed E-state index contributed by atoms with van der Waals surface area (Å²) in [7, 11) is -3.82. The van der Waals surface area contributed by atoms with Gasteiger partial charge in [0.1, 0.15) is 11.4 Å². The fourth-order valence-electron chi connectivity index (χ4n) is 2.35. The molecule has 8 nitrogen and oxygen atoms in total. The first kappa shape index (κ1) is 24.6. The summed E-state index contributed by atoms with van der Waals surface area (Å²) >= 11 is 5.80. The molecule has 0 aliphatic rings. The van der Waals surface area contributed by atoms with Crippen LogP contribution < -0.4 is 15.4 Å². The van der Waals surface area contributed by atoms with Gasteiger partial charge >= 0.3 is 6.09 Å². The van der Waals surface area contributed by atoms with Crippen LogP contribution in [0.25, 0.3) is 0 Å². The Morgan fingerprint density at radius 3 is 2.45 bits per heavy atom. The molecule has 2 amide bonds. The van der Waals surface area contributed by atoms with Gasteiger partial charge in [-0.3, -0.25) is 10.1 Å². The number of nitrogens with one attached hydrogen (secondary N) is 3. The average Bonchev–Trinajstić information content (AvgIpc) is 2.63. The molecule has 0 fully saturated rings. The molecular formula is C20H23ClFN3O5S. The van der Waals surface area contributed by atoms with Gasteiger partial charge in [-0.15, -0.1) is 0 Å². The van der Waals surface area contributed by atoms with Gasteiger partial charge in [-0.25, -0.2) is 22.3 Å². The van der Waals surface area contributed by atoms with Crippen LogP contribution >= 0.6 is 11.6 Å². The number of rotatable bonds is 7. The van der Waals surface area contributed by atoms with Crippen molar-refractivity contribution in [3.8, 4) is 0 Å². The van der Waals surface area contributed by atoms with Gasteiger partial charge in [0.25, 0.3) is 0 Å². The number of hydrogen-bond donors (Lipinski definition) is 3. The molecule has 11 heteroatoms. The molecule has 0 bridgehead atoms. The largest absolute Gasteiger partial charge is 0.444 e. The van der Waals surface area contributed by atoms with Crippen LogP contribution in [0.4, 0.5) is 20.6 Å². The normalized spacial score (nSPS) is 11.6. The SMILES string of the molecule is CC(C)(C)OC(=O)Nc1cc(NC(=O)CCNS(=O)(=O)c2cccc(Cl)c2)ccc1F. The van der Waals surface area contributed by atoms with Gasteiger partial charge in [0.2, 0.25) is 15.9 Å². The van der Waals surface area contributed by atoms with E-state index in [1.807, 2.05) is 0 Å². The summed E-state index contributed by atoms with van der Waals surface area (Å²) in [6, 6.07) is 9.33. The molecule has 31 heavy (non-hydrogen) atoms. The topological polar surface area (TPSA) is 114 Å². The highest BCUT2D eigenvalue weighted by atomic mass is 35.5. The molecule has 0 radical (unpaired) electrons. The van der Waals surface area contributed by atoms with Crippen LogP contribution in [0.1, 0.15) is 27.2 Å². The number of hydrogen-bond acceptors (Lipinski definition) is 5. The maximum atomic E-state index is 14.0. The van der Waals surface area contributed by atoms with Crippen molar-refractivity contribution < 1.29 is 27.1 Å². The lowest BCUT2D eigenvalue weighted by Crippen LogP contribution is -2.28. The van der Waals surface area contributed by atoms with Crippen LogP contribution in [-0.2, 0) is 19.6 Å². The Kier molecular flexibility index (Phi) is 7.99. The molecule has 0 spiro atoms. The van der Waals surface area contributed by atoms with E-state index in [0.29, 0.717) is 0 Å². The molecule has 0 aliphatic carbocycles. The van der Waals surface area contributed by atoms with E-state index >= 15 is 0 Å². The number of sulfonamides is 1. The molecule has 0 saturated carbocycles. The number of amides is 2. The minimum absolute atomic E-state index is 0.0169. The molecule has 0 saturated heterocycles. The summed E-state index contributed by atoms with van der Waals surface area (Å²) in [5.41, 5.74) is -0.714. The molecule has 2 rings (SSSR count). The fourth-order valence-corrected chi connectivity index (χ4v) is 3.68. The number of benzene rings is 2. The standard InChI is InChI=1S/C20H23ClFN3O5S/c1-20(2,3)30-19(27)25-17-12-14(7-8-16(17)22)24-18(26)9-10-23-31(28,29)15-6-4-5-13(21)11-15/h4-8,11-12,23H,9-10H2,1-3H3,(H,24,26)(H,25,27). The van der Waals surface area contributed by atoms with E-state index in [1.165, 1.54) is 30.3 Å². The Morgan fingerprint density at radius 2 is 1.81 bits per heavy atom. The van der Waals surface area contributed by atoms with E-state index in [2.05, 4.69) is 15.4 Å². The van der Waals surface area contributed by atoms with Gasteiger partial charge in [-0.1, -0.05) is 17.7 Å². The van der Waals surface area contributed by atoms with Crippen LogP contribution in [0.3, 0.4) is 0 Å². The first-order chi connectivity index (χ1) is 14.4. The van der Waals surface area contributed by atoms with Crippen molar-refractivity contribution in [2.45, 2.75) is 37.7 Å². The third-order valence-electron chi connectivity index (χ3n) is 3.64. The number of ether oxygens (including phenoxy) is 1. The lowest BCUT2D eigenvalue weighted by molar-refractivity contribution is -0.116. The maximum Gasteiger partial charge on any atom is 0.412 e. The Morgan fingerprint density at radius 1 is 1.10 bits per heavy atom. The van der Waals surface area contributed by atoms with Gasteiger partial charge in [0.15, 0.2) is 0 Å². The van der Waals surface area contributed by atoms with Gasteiger partial charge in [-0.05, 0) is 57.2 Å². The number of carbonyl (C=O) groups excluding carboxylic acids is 2. The quantitative estimate of drug-likeness (QED) is 0.561. The van der Waals surface area contributed by atoms with E-state index in [1.54, 1.807) is 26.8 Å². The Hall–Kier alpha value is -2.69. The van der Waals surface area contributed by atoms with Crippen LogP contribution in [0, 0.1) is 5.82 Å². The fraction of sp³-hybridized carbons (Fsp3) is 0.300. The van der Waals surface area contributed by atoms with E-state index in [0.717, 1.165) is 6.07 Å². The second kappa shape index (κ2) is 10.1. The lowest BCUT2D eigenvalue weighted by Gasteiger charge is -2.20. The van der Waals surface area contributed by atoms with Gasteiger partial charge in [0.05, 0.1) is 10.6 Å². The van der Waals surface area contributed by atoms with Crippen molar-refractivity contribution in [3.05, 3.63) is 53.3 Å². The zero-order valence-electron chi connectivity index (χ0n) is 17.2. The van der Waals surface area contributed by atoms with Crippen molar-refractivity contribution >= 4 is 45.0 Å². The van der Waals surface area contributed by atoms with E-state index in [9.17, 15) is 22.4 Å².